The maximum absolute atomic E-state index is 11.5. The fourth-order valence-corrected chi connectivity index (χ4v) is 3.52. The van der Waals surface area contributed by atoms with Gasteiger partial charge in [-0.05, 0) is 48.7 Å². The first-order chi connectivity index (χ1) is 19.5. The number of carboxylic acids is 1. The lowest BCUT2D eigenvalue weighted by Crippen LogP contribution is -2.31. The molecule has 0 bridgehead atoms. The highest BCUT2D eigenvalue weighted by Crippen LogP contribution is 2.19. The number of anilines is 2. The number of aliphatic carboxylic acids is 1. The quantitative estimate of drug-likeness (QED) is 0.191. The summed E-state index contributed by atoms with van der Waals surface area (Å²) < 4.78 is 36.6. The number of nitrogens with one attached hydrogen (secondary N) is 3. The zero-order valence-electron chi connectivity index (χ0n) is 21.9. The number of H-pyrrole nitrogens is 1. The smallest absolute Gasteiger partial charge is 0.475 e. The van der Waals surface area contributed by atoms with Gasteiger partial charge in [-0.15, -0.1) is 0 Å². The number of fused-ring (bicyclic) bond motifs is 1. The number of benzene rings is 1. The van der Waals surface area contributed by atoms with Crippen molar-refractivity contribution >= 4 is 46.8 Å². The van der Waals surface area contributed by atoms with E-state index in [2.05, 4.69) is 42.7 Å². The molecule has 4 aromatic rings. The van der Waals surface area contributed by atoms with E-state index < -0.39 is 18.2 Å². The standard InChI is InChI=1S/C25H27N7O2.C2HF3O2/c1-2-34-25(33)32-24-28-10-9-20(31-24)8-7-17-11-21(16-27-13-17)29-15-19(26)12-18-14-30-23-6-4-3-5-22(18)23;3-2(4,5)1(6)7/h3-11,13-14,16,19,29-30H,2,12,15,26H2,1H3,(H,28,31,32,33);(H,6,7)/b8-7+;/t19-;/m0./s1. The average Bonchev–Trinajstić information content (AvgIpc) is 3.34. The van der Waals surface area contributed by atoms with Gasteiger partial charge in [0.05, 0.1) is 18.0 Å². The van der Waals surface area contributed by atoms with Crippen LogP contribution in [0.3, 0.4) is 0 Å². The number of hydrogen-bond acceptors (Lipinski definition) is 8. The molecule has 0 aliphatic carbocycles. The molecule has 0 aliphatic heterocycles. The van der Waals surface area contributed by atoms with Crippen molar-refractivity contribution in [3.63, 3.8) is 0 Å². The van der Waals surface area contributed by atoms with E-state index in [1.807, 2.05) is 36.5 Å². The summed E-state index contributed by atoms with van der Waals surface area (Å²) in [5, 5.41) is 14.2. The Labute approximate surface area is 232 Å². The van der Waals surface area contributed by atoms with E-state index in [4.69, 9.17) is 20.4 Å². The number of pyridine rings is 1. The van der Waals surface area contributed by atoms with Crippen molar-refractivity contribution in [2.45, 2.75) is 25.6 Å². The van der Waals surface area contributed by atoms with E-state index in [-0.39, 0.29) is 18.6 Å². The Bertz CT molecular complexity index is 1490. The first-order valence-corrected chi connectivity index (χ1v) is 12.3. The van der Waals surface area contributed by atoms with Crippen LogP contribution in [-0.2, 0) is 16.0 Å². The number of alkyl halides is 3. The van der Waals surface area contributed by atoms with Crippen molar-refractivity contribution in [2.24, 2.45) is 5.73 Å². The second-order valence-electron chi connectivity index (χ2n) is 8.50. The number of carbonyl (C=O) groups excluding carboxylic acids is 1. The summed E-state index contributed by atoms with van der Waals surface area (Å²) in [7, 11) is 0. The minimum atomic E-state index is -5.08. The minimum absolute atomic E-state index is 0.0512. The average molecular weight is 572 g/mol. The number of nitrogens with zero attached hydrogens (tertiary/aromatic N) is 3. The second kappa shape index (κ2) is 14.4. The van der Waals surface area contributed by atoms with Crippen molar-refractivity contribution in [3.05, 3.63) is 78.0 Å². The Morgan fingerprint density at radius 2 is 1.95 bits per heavy atom. The molecule has 6 N–H and O–H groups in total. The second-order valence-corrected chi connectivity index (χ2v) is 8.50. The van der Waals surface area contributed by atoms with E-state index in [0.717, 1.165) is 23.2 Å². The van der Waals surface area contributed by atoms with Gasteiger partial charge < -0.3 is 25.9 Å². The van der Waals surface area contributed by atoms with Crippen molar-refractivity contribution in [1.29, 1.82) is 0 Å². The lowest BCUT2D eigenvalue weighted by molar-refractivity contribution is -0.192. The van der Waals surface area contributed by atoms with Crippen molar-refractivity contribution in [2.75, 3.05) is 23.8 Å². The molecule has 0 saturated heterocycles. The molecule has 3 aromatic heterocycles. The number of nitrogens with two attached hydrogens (primary N) is 1. The number of hydrogen-bond donors (Lipinski definition) is 5. The van der Waals surface area contributed by atoms with Crippen LogP contribution in [0.2, 0.25) is 0 Å². The van der Waals surface area contributed by atoms with Gasteiger partial charge in [0.1, 0.15) is 0 Å². The van der Waals surface area contributed by atoms with Crippen LogP contribution >= 0.6 is 0 Å². The third-order valence-electron chi connectivity index (χ3n) is 5.34. The Morgan fingerprint density at radius 3 is 2.68 bits per heavy atom. The number of aromatic nitrogens is 4. The van der Waals surface area contributed by atoms with Gasteiger partial charge in [-0.1, -0.05) is 24.3 Å². The lowest BCUT2D eigenvalue weighted by atomic mass is 10.1. The Hall–Kier alpha value is -4.98. The third kappa shape index (κ3) is 9.93. The number of carbonyl (C=O) groups is 2. The topological polar surface area (TPSA) is 168 Å². The van der Waals surface area contributed by atoms with Crippen LogP contribution in [0.4, 0.5) is 29.6 Å². The molecule has 0 unspecified atom stereocenters. The van der Waals surface area contributed by atoms with Gasteiger partial charge in [0.2, 0.25) is 5.95 Å². The summed E-state index contributed by atoms with van der Waals surface area (Å²) in [5.41, 5.74) is 11.1. The summed E-state index contributed by atoms with van der Waals surface area (Å²) in [6.07, 6.45) is 5.92. The largest absolute Gasteiger partial charge is 0.490 e. The number of rotatable bonds is 9. The number of para-hydroxylation sites is 1. The molecule has 1 aromatic carbocycles. The molecule has 0 aliphatic rings. The summed E-state index contributed by atoms with van der Waals surface area (Å²) in [6.45, 7) is 2.62. The lowest BCUT2D eigenvalue weighted by Gasteiger charge is -2.13. The first kappa shape index (κ1) is 30.6. The number of halogens is 3. The molecule has 1 amide bonds. The predicted molar refractivity (Wildman–Crippen MR) is 148 cm³/mol. The van der Waals surface area contributed by atoms with Crippen LogP contribution in [-0.4, -0.2) is 62.5 Å². The SMILES string of the molecule is CCOC(=O)Nc1nccc(/C=C/c2cncc(NC[C@@H](N)Cc3c[nH]c4ccccc34)c2)n1.O=C(O)C(F)(F)F. The molecule has 3 heterocycles. The highest BCUT2D eigenvalue weighted by atomic mass is 19.4. The molecule has 14 heteroatoms. The van der Waals surface area contributed by atoms with Crippen LogP contribution in [0.5, 0.6) is 0 Å². The highest BCUT2D eigenvalue weighted by molar-refractivity contribution is 5.83. The van der Waals surface area contributed by atoms with E-state index >= 15 is 0 Å². The third-order valence-corrected chi connectivity index (χ3v) is 5.34. The number of ether oxygens (including phenoxy) is 1. The van der Waals surface area contributed by atoms with Crippen LogP contribution in [0.25, 0.3) is 23.1 Å². The molecule has 4 rings (SSSR count). The Morgan fingerprint density at radius 1 is 1.20 bits per heavy atom. The molecular weight excluding hydrogens is 543 g/mol. The summed E-state index contributed by atoms with van der Waals surface area (Å²) in [5.74, 6) is -2.58. The van der Waals surface area contributed by atoms with Crippen LogP contribution < -0.4 is 16.4 Å². The zero-order valence-corrected chi connectivity index (χ0v) is 21.9. The van der Waals surface area contributed by atoms with Crippen LogP contribution in [0.15, 0.2) is 61.2 Å². The fraction of sp³-hybridized carbons (Fsp3) is 0.222. The van der Waals surface area contributed by atoms with Gasteiger partial charge in [0, 0.05) is 48.3 Å². The highest BCUT2D eigenvalue weighted by Gasteiger charge is 2.38. The van der Waals surface area contributed by atoms with E-state index in [1.165, 1.54) is 10.9 Å². The first-order valence-electron chi connectivity index (χ1n) is 12.3. The summed E-state index contributed by atoms with van der Waals surface area (Å²) >= 11 is 0. The number of carboxylic acid groups (broad SMARTS) is 1. The molecule has 0 saturated carbocycles. The van der Waals surface area contributed by atoms with Gasteiger partial charge >= 0.3 is 18.2 Å². The molecule has 0 radical (unpaired) electrons. The number of amides is 1. The molecule has 11 nitrogen and oxygen atoms in total. The molecular formula is C27H28F3N7O4. The fourth-order valence-electron chi connectivity index (χ4n) is 3.52. The monoisotopic (exact) mass is 571 g/mol. The van der Waals surface area contributed by atoms with Crippen molar-refractivity contribution < 1.29 is 32.6 Å². The maximum Gasteiger partial charge on any atom is 0.490 e. The molecule has 1 atom stereocenters. The number of aromatic amines is 1. The Kier molecular flexibility index (Phi) is 10.7. The van der Waals surface area contributed by atoms with Gasteiger partial charge in [-0.3, -0.25) is 10.3 Å². The van der Waals surface area contributed by atoms with Crippen molar-refractivity contribution in [1.82, 2.24) is 19.9 Å². The molecule has 0 spiro atoms. The van der Waals surface area contributed by atoms with Gasteiger partial charge in [0.25, 0.3) is 0 Å². The van der Waals surface area contributed by atoms with Crippen molar-refractivity contribution in [3.8, 4) is 0 Å². The minimum Gasteiger partial charge on any atom is -0.475 e. The normalized spacial score (nSPS) is 11.9. The summed E-state index contributed by atoms with van der Waals surface area (Å²) in [4.78, 5) is 36.3. The Balaban J connectivity index is 0.000000587. The van der Waals surface area contributed by atoms with E-state index in [0.29, 0.717) is 12.2 Å². The predicted octanol–water partition coefficient (Wildman–Crippen LogP) is 4.71. The summed E-state index contributed by atoms with van der Waals surface area (Å²) in [6, 6.07) is 11.9. The van der Waals surface area contributed by atoms with E-state index in [9.17, 15) is 18.0 Å². The molecule has 0 fully saturated rings. The van der Waals surface area contributed by atoms with Gasteiger partial charge in [-0.25, -0.2) is 19.6 Å². The van der Waals surface area contributed by atoms with Gasteiger partial charge in [-0.2, -0.15) is 13.2 Å². The van der Waals surface area contributed by atoms with Crippen LogP contribution in [0.1, 0.15) is 23.7 Å². The molecule has 41 heavy (non-hydrogen) atoms. The zero-order chi connectivity index (χ0) is 29.8. The molecule has 216 valence electrons. The van der Waals surface area contributed by atoms with Crippen LogP contribution in [0, 0.1) is 0 Å². The van der Waals surface area contributed by atoms with E-state index in [1.54, 1.807) is 31.6 Å². The maximum atomic E-state index is 11.5. The van der Waals surface area contributed by atoms with Gasteiger partial charge in [0.15, 0.2) is 0 Å².